The van der Waals surface area contributed by atoms with E-state index in [9.17, 15) is 35.4 Å². The van der Waals surface area contributed by atoms with E-state index in [2.05, 4.69) is 100 Å². The fourth-order valence-electron chi connectivity index (χ4n) is 18.6. The fourth-order valence-corrected chi connectivity index (χ4v) is 18.6. The van der Waals surface area contributed by atoms with Crippen LogP contribution in [0.15, 0.2) is 90.4 Å². The third-order valence-corrected chi connectivity index (χ3v) is 22.5. The van der Waals surface area contributed by atoms with Crippen molar-refractivity contribution in [2.75, 3.05) is 20.2 Å². The van der Waals surface area contributed by atoms with Crippen LogP contribution in [0.2, 0.25) is 0 Å². The molecule has 4 aliphatic heterocycles. The number of ether oxygens (including phenoxy) is 1. The van der Waals surface area contributed by atoms with E-state index in [0.29, 0.717) is 69.4 Å². The van der Waals surface area contributed by atoms with Gasteiger partial charge in [-0.1, -0.05) is 72.7 Å². The van der Waals surface area contributed by atoms with Crippen molar-refractivity contribution in [1.29, 1.82) is 0 Å². The molecule has 10 aliphatic rings. The highest BCUT2D eigenvalue weighted by molar-refractivity contribution is 5.89. The summed E-state index contributed by atoms with van der Waals surface area (Å²) in [6, 6.07) is 19.9. The monoisotopic (exact) mass is 1130 g/mol. The van der Waals surface area contributed by atoms with Crippen LogP contribution in [0.4, 0.5) is 0 Å². The number of phenols is 1. The van der Waals surface area contributed by atoms with Gasteiger partial charge < -0.3 is 62.0 Å². The number of benzene rings is 3. The molecule has 3 aromatic carbocycles. The van der Waals surface area contributed by atoms with Gasteiger partial charge >= 0.3 is 0 Å². The number of rotatable bonds is 12. The van der Waals surface area contributed by atoms with Crippen molar-refractivity contribution in [2.45, 2.75) is 169 Å². The number of aliphatic hydroxyl groups is 5. The van der Waals surface area contributed by atoms with Gasteiger partial charge in [0.25, 0.3) is 0 Å². The standard InChI is InChI=1S/C69H83N5O9/c1-68-22-6-10-44(68)9-5-11-52-63-47(15-17-61(81)82)62(51(36-73-68)65-66(63)64-50(46-21-26-72-67(46)65)32-45(75)33-53(64)74-52)43-19-24-69(59(80)30-43)23-18-41(49-35-56(78)57(83-2)29-40(49)14-16-58(69)79)28-54(76)55(77)34-48(42-20-25-71-60(70)31-42)39-13-12-37-7-3-4-8-38(37)27-39/h3-4,7-8,12-13,20-21,26-27,29,31,35,41,43-44,47-48,50-55,59,61-66,71-74,76-78,80-82H,6,10-11,14-17,19,22,24-25,28,30,32-34,36,70H2,1-2H3. The van der Waals surface area contributed by atoms with Crippen LogP contribution in [-0.2, 0) is 16.0 Å². The molecule has 14 rings (SSSR count). The maximum absolute atomic E-state index is 15.3. The molecule has 5 heterocycles. The second-order valence-corrected chi connectivity index (χ2v) is 26.7. The molecule has 438 valence electrons. The molecule has 1 saturated heterocycles. The Kier molecular flexibility index (Phi) is 15.2. The van der Waals surface area contributed by atoms with Crippen LogP contribution >= 0.6 is 0 Å². The molecule has 19 unspecified atom stereocenters. The number of fused-ring (bicyclic) bond motifs is 7. The van der Waals surface area contributed by atoms with Gasteiger partial charge in [-0.2, -0.15) is 0 Å². The molecule has 4 bridgehead atoms. The Balaban J connectivity index is 0.853. The Morgan fingerprint density at radius 1 is 0.892 bits per heavy atom. The number of allylic oxidation sites excluding steroid dienone is 2. The Hall–Kier alpha value is -5.94. The maximum atomic E-state index is 15.3. The van der Waals surface area contributed by atoms with Gasteiger partial charge in [0.1, 0.15) is 11.2 Å². The first-order valence-electron chi connectivity index (χ1n) is 31.1. The molecule has 4 saturated carbocycles. The number of aromatic amines is 1. The number of carbonyl (C=O) groups excluding carboxylic acids is 2. The Labute approximate surface area is 487 Å². The number of aliphatic hydroxyl groups excluding tert-OH is 4. The van der Waals surface area contributed by atoms with Crippen LogP contribution in [0.3, 0.4) is 0 Å². The molecule has 14 nitrogen and oxygen atoms in total. The number of ketones is 2. The van der Waals surface area contributed by atoms with Crippen LogP contribution < -0.4 is 26.4 Å². The van der Waals surface area contributed by atoms with Crippen molar-refractivity contribution < 1.29 is 45.0 Å². The predicted octanol–water partition coefficient (Wildman–Crippen LogP) is 7.19. The average molecular weight is 1130 g/mol. The number of dihydropyridines is 1. The van der Waals surface area contributed by atoms with Crippen LogP contribution in [0.5, 0.6) is 11.5 Å². The normalized spacial score (nSPS) is 36.3. The molecule has 4 aromatic rings. The van der Waals surface area contributed by atoms with E-state index in [1.165, 1.54) is 18.4 Å². The second-order valence-electron chi connectivity index (χ2n) is 26.7. The number of carbonyl (C=O) groups is 2. The Bertz CT molecular complexity index is 3350. The minimum Gasteiger partial charge on any atom is -0.504 e. The lowest BCUT2D eigenvalue weighted by atomic mass is 9.41. The van der Waals surface area contributed by atoms with Crippen molar-refractivity contribution in [3.8, 4) is 35.2 Å². The fraction of sp³-hybridized carbons (Fsp3) is 0.565. The van der Waals surface area contributed by atoms with Crippen molar-refractivity contribution in [1.82, 2.24) is 20.9 Å². The number of nitrogens with one attached hydrogen (secondary N) is 4. The minimum atomic E-state index is -1.49. The topological polar surface area (TPSA) is 243 Å². The van der Waals surface area contributed by atoms with Gasteiger partial charge in [-0.05, 0) is 188 Å². The van der Waals surface area contributed by atoms with Crippen molar-refractivity contribution >= 4 is 22.3 Å². The van der Waals surface area contributed by atoms with Crippen molar-refractivity contribution in [3.63, 3.8) is 0 Å². The SMILES string of the molecule is COc1cc2c(cc1O)C(CC(O)C(O)CC(C1=CCNC(N)=C1)c1ccc3ccccc3c1)C#CC1(CCC(C3C4CNC5(C)CCCC5C#CCC5NC6CC(=O)CC7c8cc[nH]c8C4C(C67)C5C3CCC(O)O)CC1O)C(=O)CC2. The molecule has 1 spiro atoms. The Morgan fingerprint density at radius 3 is 2.54 bits per heavy atom. The molecule has 1 aromatic heterocycles. The first-order valence-corrected chi connectivity index (χ1v) is 31.1. The van der Waals surface area contributed by atoms with Crippen LogP contribution in [-0.4, -0.2) is 110 Å². The first-order chi connectivity index (χ1) is 40.1. The summed E-state index contributed by atoms with van der Waals surface area (Å²) in [4.78, 5) is 32.8. The zero-order valence-corrected chi connectivity index (χ0v) is 47.9. The summed E-state index contributed by atoms with van der Waals surface area (Å²) in [5.41, 5.74) is 10.4. The van der Waals surface area contributed by atoms with Gasteiger partial charge in [0, 0.05) is 85.4 Å². The van der Waals surface area contributed by atoms with Crippen LogP contribution in [0.25, 0.3) is 10.8 Å². The molecule has 19 atom stereocenters. The highest BCUT2D eigenvalue weighted by Crippen LogP contribution is 2.67. The lowest BCUT2D eigenvalue weighted by molar-refractivity contribution is -0.147. The number of Topliss-reactive ketones (excluding diaryl/α,β-unsaturated/α-hetero) is 2. The van der Waals surface area contributed by atoms with Gasteiger partial charge in [-0.25, -0.2) is 0 Å². The second kappa shape index (κ2) is 22.5. The zero-order valence-electron chi connectivity index (χ0n) is 47.9. The van der Waals surface area contributed by atoms with E-state index in [1.54, 1.807) is 12.1 Å². The van der Waals surface area contributed by atoms with Crippen LogP contribution in [0.1, 0.15) is 148 Å². The summed E-state index contributed by atoms with van der Waals surface area (Å²) in [6.45, 7) is 3.58. The van der Waals surface area contributed by atoms with Gasteiger partial charge in [0.2, 0.25) is 0 Å². The van der Waals surface area contributed by atoms with E-state index in [0.717, 1.165) is 46.7 Å². The summed E-state index contributed by atoms with van der Waals surface area (Å²) in [5.74, 6) is 15.1. The number of nitrogens with two attached hydrogens (primary N) is 1. The minimum absolute atomic E-state index is 0.00332. The van der Waals surface area contributed by atoms with E-state index >= 15 is 4.79 Å². The molecular formula is C69H83N5O9. The maximum Gasteiger partial charge on any atom is 0.160 e. The number of aromatic hydroxyl groups is 1. The molecule has 14 heteroatoms. The Morgan fingerprint density at radius 2 is 1.73 bits per heavy atom. The lowest BCUT2D eigenvalue weighted by Gasteiger charge is -2.66. The largest absolute Gasteiger partial charge is 0.504 e. The first kappa shape index (κ1) is 56.2. The van der Waals surface area contributed by atoms with Crippen LogP contribution in [0, 0.1) is 76.4 Å². The number of aryl methyl sites for hydroxylation is 1. The predicted molar refractivity (Wildman–Crippen MR) is 316 cm³/mol. The number of hydrogen-bond acceptors (Lipinski definition) is 13. The molecule has 5 fully saturated rings. The van der Waals surface area contributed by atoms with Gasteiger partial charge in [0.05, 0.1) is 31.2 Å². The molecule has 6 aliphatic carbocycles. The van der Waals surface area contributed by atoms with Gasteiger partial charge in [-0.3, -0.25) is 9.59 Å². The van der Waals surface area contributed by atoms with E-state index in [-0.39, 0.29) is 138 Å². The van der Waals surface area contributed by atoms with Gasteiger partial charge in [-0.15, -0.1) is 5.92 Å². The number of aromatic nitrogens is 1. The zero-order chi connectivity index (χ0) is 57.5. The van der Waals surface area contributed by atoms with Gasteiger partial charge in [0.15, 0.2) is 23.6 Å². The lowest BCUT2D eigenvalue weighted by Crippen LogP contribution is -2.69. The quantitative estimate of drug-likeness (QED) is 0.0498. The summed E-state index contributed by atoms with van der Waals surface area (Å²) in [5, 5.41) is 84.1. The third kappa shape index (κ3) is 10.1. The van der Waals surface area contributed by atoms with Crippen molar-refractivity contribution in [3.05, 3.63) is 118 Å². The number of piperidine rings is 1. The number of phenolic OH excluding ortho intramolecular Hbond substituents is 1. The number of methoxy groups -OCH3 is 1. The highest BCUT2D eigenvalue weighted by Gasteiger charge is 2.65. The van der Waals surface area contributed by atoms with E-state index in [4.69, 9.17) is 10.5 Å². The highest BCUT2D eigenvalue weighted by atomic mass is 16.5. The summed E-state index contributed by atoms with van der Waals surface area (Å²) < 4.78 is 5.61. The molecule has 0 radical (unpaired) electrons. The summed E-state index contributed by atoms with van der Waals surface area (Å²) >= 11 is 0. The molecular weight excluding hydrogens is 1040 g/mol. The van der Waals surface area contributed by atoms with E-state index in [1.807, 2.05) is 18.2 Å². The number of hydrogen-bond donors (Lipinski definition) is 11. The summed E-state index contributed by atoms with van der Waals surface area (Å²) in [7, 11) is 1.48. The third-order valence-electron chi connectivity index (χ3n) is 22.5. The number of H-pyrrole nitrogens is 1. The summed E-state index contributed by atoms with van der Waals surface area (Å²) in [6.07, 6.45) is 8.14. The molecule has 83 heavy (non-hydrogen) atoms. The van der Waals surface area contributed by atoms with Crippen molar-refractivity contribution in [2.24, 2.45) is 58.5 Å². The molecule has 0 amide bonds. The molecule has 12 N–H and O–H groups in total. The smallest absolute Gasteiger partial charge is 0.160 e. The average Bonchev–Trinajstić information content (AvgIpc) is 3.03. The van der Waals surface area contributed by atoms with E-state index < -0.39 is 35.9 Å².